The molecule has 0 bridgehead atoms. The number of nitrogens with zero attached hydrogens (tertiary/aromatic N) is 1. The number of hydrogen-bond acceptors (Lipinski definition) is 4. The molecular weight excluding hydrogens is 228 g/mol. The van der Waals surface area contributed by atoms with Crippen molar-refractivity contribution in [2.45, 2.75) is 12.8 Å². The molecule has 0 amide bonds. The highest BCUT2D eigenvalue weighted by Gasteiger charge is 2.14. The number of aromatic nitrogens is 2. The van der Waals surface area contributed by atoms with E-state index >= 15 is 0 Å². The Kier molecular flexibility index (Phi) is 3.06. The summed E-state index contributed by atoms with van der Waals surface area (Å²) in [7, 11) is 0. The molecule has 5 heteroatoms. The van der Waals surface area contributed by atoms with Gasteiger partial charge in [-0.3, -0.25) is 0 Å². The summed E-state index contributed by atoms with van der Waals surface area (Å²) in [6, 6.07) is 5.69. The normalized spacial score (nSPS) is 20.1. The van der Waals surface area contributed by atoms with Crippen LogP contribution in [0.5, 0.6) is 0 Å². The fraction of sp³-hybridized carbons (Fsp3) is 0.462. The Morgan fingerprint density at radius 1 is 1.50 bits per heavy atom. The molecular formula is C13H18N4O. The molecule has 1 aromatic carbocycles. The molecule has 18 heavy (non-hydrogen) atoms. The summed E-state index contributed by atoms with van der Waals surface area (Å²) >= 11 is 0. The first-order valence-electron chi connectivity index (χ1n) is 6.38. The molecule has 3 rings (SSSR count). The molecule has 1 aliphatic rings. The number of imidazole rings is 1. The van der Waals surface area contributed by atoms with Crippen LogP contribution in [0, 0.1) is 5.92 Å². The van der Waals surface area contributed by atoms with Gasteiger partial charge < -0.3 is 20.8 Å². The van der Waals surface area contributed by atoms with Crippen molar-refractivity contribution in [3.63, 3.8) is 0 Å². The number of H-pyrrole nitrogens is 1. The van der Waals surface area contributed by atoms with Crippen LogP contribution >= 0.6 is 0 Å². The molecule has 1 saturated heterocycles. The van der Waals surface area contributed by atoms with Gasteiger partial charge in [-0.1, -0.05) is 0 Å². The number of nitrogens with two attached hydrogens (primary N) is 1. The fourth-order valence-corrected chi connectivity index (χ4v) is 2.32. The Morgan fingerprint density at radius 3 is 3.28 bits per heavy atom. The highest BCUT2D eigenvalue weighted by atomic mass is 16.5. The number of aromatic amines is 1. The third kappa shape index (κ3) is 2.41. The van der Waals surface area contributed by atoms with Crippen LogP contribution in [0.15, 0.2) is 18.2 Å². The lowest BCUT2D eigenvalue weighted by Gasteiger charge is -2.21. The van der Waals surface area contributed by atoms with Gasteiger partial charge in [0.15, 0.2) is 0 Å². The number of ether oxygens (including phenoxy) is 1. The van der Waals surface area contributed by atoms with Gasteiger partial charge in [-0.2, -0.15) is 0 Å². The van der Waals surface area contributed by atoms with Gasteiger partial charge in [0.25, 0.3) is 0 Å². The average Bonchev–Trinajstić information content (AvgIpc) is 2.79. The van der Waals surface area contributed by atoms with E-state index in [1.807, 2.05) is 18.2 Å². The minimum atomic E-state index is 0.581. The fourth-order valence-electron chi connectivity index (χ4n) is 2.32. The molecule has 1 unspecified atom stereocenters. The van der Waals surface area contributed by atoms with Crippen LogP contribution < -0.4 is 11.1 Å². The van der Waals surface area contributed by atoms with Crippen LogP contribution in [0.2, 0.25) is 0 Å². The molecule has 96 valence electrons. The number of benzene rings is 1. The molecule has 4 N–H and O–H groups in total. The van der Waals surface area contributed by atoms with Gasteiger partial charge in [-0.05, 0) is 37.0 Å². The van der Waals surface area contributed by atoms with E-state index in [9.17, 15) is 0 Å². The SMILES string of the molecule is Nc1ccc2nc(NCC3CCCOC3)[nH]c2c1. The van der Waals surface area contributed by atoms with Gasteiger partial charge in [-0.25, -0.2) is 4.98 Å². The smallest absolute Gasteiger partial charge is 0.201 e. The van der Waals surface area contributed by atoms with Gasteiger partial charge >= 0.3 is 0 Å². The second-order valence-corrected chi connectivity index (χ2v) is 4.83. The molecule has 0 saturated carbocycles. The molecule has 1 aliphatic heterocycles. The van der Waals surface area contributed by atoms with Crippen LogP contribution in [0.3, 0.4) is 0 Å². The monoisotopic (exact) mass is 246 g/mol. The van der Waals surface area contributed by atoms with Crippen molar-refractivity contribution in [3.05, 3.63) is 18.2 Å². The number of rotatable bonds is 3. The lowest BCUT2D eigenvalue weighted by molar-refractivity contribution is 0.0594. The molecule has 1 aromatic heterocycles. The largest absolute Gasteiger partial charge is 0.399 e. The van der Waals surface area contributed by atoms with E-state index in [1.165, 1.54) is 6.42 Å². The first-order chi connectivity index (χ1) is 8.81. The Balaban J connectivity index is 1.67. The van der Waals surface area contributed by atoms with Crippen molar-refractivity contribution in [1.29, 1.82) is 0 Å². The standard InChI is InChI=1S/C13H18N4O/c14-10-3-4-11-12(6-10)17-13(16-11)15-7-9-2-1-5-18-8-9/h3-4,6,9H,1-2,5,7-8,14H2,(H2,15,16,17). The summed E-state index contributed by atoms with van der Waals surface area (Å²) in [5, 5.41) is 3.34. The minimum absolute atomic E-state index is 0.581. The van der Waals surface area contributed by atoms with Crippen molar-refractivity contribution < 1.29 is 4.74 Å². The minimum Gasteiger partial charge on any atom is -0.399 e. The average molecular weight is 246 g/mol. The van der Waals surface area contributed by atoms with E-state index in [1.54, 1.807) is 0 Å². The molecule has 0 aliphatic carbocycles. The van der Waals surface area contributed by atoms with Crippen LogP contribution in [0.4, 0.5) is 11.6 Å². The molecule has 0 spiro atoms. The Bertz CT molecular complexity index is 531. The highest BCUT2D eigenvalue weighted by molar-refractivity contribution is 5.80. The van der Waals surface area contributed by atoms with Crippen molar-refractivity contribution >= 4 is 22.7 Å². The van der Waals surface area contributed by atoms with E-state index < -0.39 is 0 Å². The third-order valence-corrected chi connectivity index (χ3v) is 3.32. The van der Waals surface area contributed by atoms with E-state index in [-0.39, 0.29) is 0 Å². The maximum atomic E-state index is 5.74. The van der Waals surface area contributed by atoms with Crippen LogP contribution in [-0.2, 0) is 4.74 Å². The zero-order chi connectivity index (χ0) is 12.4. The summed E-state index contributed by atoms with van der Waals surface area (Å²) in [5.41, 5.74) is 8.39. The number of fused-ring (bicyclic) bond motifs is 1. The predicted molar refractivity (Wildman–Crippen MR) is 72.5 cm³/mol. The van der Waals surface area contributed by atoms with Crippen molar-refractivity contribution in [1.82, 2.24) is 9.97 Å². The molecule has 1 atom stereocenters. The predicted octanol–water partition coefficient (Wildman–Crippen LogP) is 1.98. The Morgan fingerprint density at radius 2 is 2.44 bits per heavy atom. The number of nitrogens with one attached hydrogen (secondary N) is 2. The molecule has 1 fully saturated rings. The van der Waals surface area contributed by atoms with Crippen LogP contribution in [-0.4, -0.2) is 29.7 Å². The maximum absolute atomic E-state index is 5.74. The van der Waals surface area contributed by atoms with Crippen molar-refractivity contribution in [3.8, 4) is 0 Å². The maximum Gasteiger partial charge on any atom is 0.201 e. The number of hydrogen-bond donors (Lipinski definition) is 3. The second-order valence-electron chi connectivity index (χ2n) is 4.83. The summed E-state index contributed by atoms with van der Waals surface area (Å²) in [6.07, 6.45) is 2.38. The van der Waals surface area contributed by atoms with Gasteiger partial charge in [0, 0.05) is 18.8 Å². The number of nitrogen functional groups attached to an aromatic ring is 1. The summed E-state index contributed by atoms with van der Waals surface area (Å²) in [5.74, 6) is 1.39. The first kappa shape index (κ1) is 11.3. The van der Waals surface area contributed by atoms with Crippen LogP contribution in [0.25, 0.3) is 11.0 Å². The zero-order valence-corrected chi connectivity index (χ0v) is 10.3. The topological polar surface area (TPSA) is 76.0 Å². The van der Waals surface area contributed by atoms with Gasteiger partial charge in [-0.15, -0.1) is 0 Å². The van der Waals surface area contributed by atoms with Crippen molar-refractivity contribution in [2.75, 3.05) is 30.8 Å². The molecule has 5 nitrogen and oxygen atoms in total. The molecule has 2 heterocycles. The van der Waals surface area contributed by atoms with E-state index in [2.05, 4.69) is 15.3 Å². The van der Waals surface area contributed by atoms with Gasteiger partial charge in [0.1, 0.15) is 0 Å². The quantitative estimate of drug-likeness (QED) is 0.724. The molecule has 2 aromatic rings. The van der Waals surface area contributed by atoms with Gasteiger partial charge in [0.05, 0.1) is 17.6 Å². The van der Waals surface area contributed by atoms with E-state index in [0.29, 0.717) is 5.92 Å². The Labute approximate surface area is 106 Å². The summed E-state index contributed by atoms with van der Waals surface area (Å²) in [4.78, 5) is 7.71. The summed E-state index contributed by atoms with van der Waals surface area (Å²) < 4.78 is 5.46. The number of anilines is 2. The first-order valence-corrected chi connectivity index (χ1v) is 6.38. The zero-order valence-electron chi connectivity index (χ0n) is 10.3. The van der Waals surface area contributed by atoms with Crippen molar-refractivity contribution in [2.24, 2.45) is 5.92 Å². The summed E-state index contributed by atoms with van der Waals surface area (Å²) in [6.45, 7) is 2.65. The van der Waals surface area contributed by atoms with E-state index in [4.69, 9.17) is 10.5 Å². The molecule has 0 radical (unpaired) electrons. The lowest BCUT2D eigenvalue weighted by Crippen LogP contribution is -2.24. The van der Waals surface area contributed by atoms with Crippen LogP contribution in [0.1, 0.15) is 12.8 Å². The lowest BCUT2D eigenvalue weighted by atomic mass is 10.0. The Hall–Kier alpha value is -1.75. The van der Waals surface area contributed by atoms with E-state index in [0.717, 1.165) is 48.8 Å². The highest BCUT2D eigenvalue weighted by Crippen LogP contribution is 2.18. The van der Waals surface area contributed by atoms with Gasteiger partial charge in [0.2, 0.25) is 5.95 Å². The second kappa shape index (κ2) is 4.86. The third-order valence-electron chi connectivity index (χ3n) is 3.32.